The van der Waals surface area contributed by atoms with Crippen molar-refractivity contribution < 1.29 is 82.5 Å². The van der Waals surface area contributed by atoms with Gasteiger partial charge in [-0.3, -0.25) is 33.6 Å². The number of carbonyl (C=O) groups is 8. The second kappa shape index (κ2) is 33.9. The van der Waals surface area contributed by atoms with Gasteiger partial charge in [-0.1, -0.05) is 24.3 Å². The van der Waals surface area contributed by atoms with E-state index in [-0.39, 0.29) is 79.6 Å². The minimum absolute atomic E-state index is 0.0682. The van der Waals surface area contributed by atoms with Gasteiger partial charge in [0.1, 0.15) is 17.5 Å². The molecule has 2 aromatic rings. The highest BCUT2D eigenvalue weighted by Gasteiger charge is 2.28. The number of carboxylic acid groups (broad SMARTS) is 1. The summed E-state index contributed by atoms with van der Waals surface area (Å²) in [5.41, 5.74) is 0.113. The number of aldehydes is 1. The molecule has 0 radical (unpaired) electrons. The van der Waals surface area contributed by atoms with E-state index in [0.717, 1.165) is 0 Å². The standard InChI is InChI=1S/C26H38BNO10S2.C20H30BNO7S/c1-26(2,3)38-24(33)12-19(16-40-17-39-15-18(14-29)11-23(31)32)25(34)37-10-5-4-9-22(30)28-21-8-6-7-20(13-21)27(35)36;1-20(2,3)29-18(24)11-14(13-30)19(25)28-10-5-4-9-17(23)22-16-8-6-7-15(12-16)21(26)27/h6-8,13-14,18-19,35-36H,4-5,9-12,15-17H2,1-3H3,(H,28,30)(H,31,32);6-8,12,14,26-27,30H,4-5,9-11,13H2,1-3H3,(H,22,23). The molecule has 7 N–H and O–H groups in total. The van der Waals surface area contributed by atoms with E-state index in [2.05, 4.69) is 23.3 Å². The third-order valence-electron chi connectivity index (χ3n) is 9.02. The summed E-state index contributed by atoms with van der Waals surface area (Å²) in [4.78, 5) is 95.0. The number of anilines is 2. The Morgan fingerprint density at radius 1 is 0.657 bits per heavy atom. The molecule has 0 heterocycles. The minimum atomic E-state index is -1.64. The van der Waals surface area contributed by atoms with Crippen molar-refractivity contribution in [3.05, 3.63) is 48.5 Å². The molecule has 24 heteroatoms. The van der Waals surface area contributed by atoms with Crippen LogP contribution in [-0.4, -0.2) is 134 Å². The van der Waals surface area contributed by atoms with Crippen molar-refractivity contribution in [1.29, 1.82) is 0 Å². The zero-order valence-electron chi connectivity index (χ0n) is 40.6. The van der Waals surface area contributed by atoms with Crippen LogP contribution in [0.4, 0.5) is 11.4 Å². The average molecular weight is 1040 g/mol. The maximum atomic E-state index is 12.7. The van der Waals surface area contributed by atoms with Crippen LogP contribution in [0, 0.1) is 17.8 Å². The summed E-state index contributed by atoms with van der Waals surface area (Å²) < 4.78 is 21.1. The Bertz CT molecular complexity index is 1980. The van der Waals surface area contributed by atoms with Crippen molar-refractivity contribution in [2.24, 2.45) is 17.8 Å². The molecular formula is C46H68B2N2O17S3. The van der Waals surface area contributed by atoms with Crippen LogP contribution in [0.3, 0.4) is 0 Å². The number of nitrogens with one attached hydrogen (secondary N) is 2. The van der Waals surface area contributed by atoms with Gasteiger partial charge in [-0.2, -0.15) is 36.2 Å². The van der Waals surface area contributed by atoms with Gasteiger partial charge in [0.05, 0.1) is 44.3 Å². The molecule has 2 rings (SSSR count). The number of hydrogen-bond acceptors (Lipinski definition) is 19. The zero-order chi connectivity index (χ0) is 52.9. The fourth-order valence-corrected chi connectivity index (χ4v) is 8.34. The smallest absolute Gasteiger partial charge is 0.481 e. The van der Waals surface area contributed by atoms with Crippen LogP contribution in [-0.2, 0) is 57.3 Å². The zero-order valence-corrected chi connectivity index (χ0v) is 43.1. The summed E-state index contributed by atoms with van der Waals surface area (Å²) in [6, 6.07) is 12.5. The Morgan fingerprint density at radius 2 is 1.09 bits per heavy atom. The lowest BCUT2D eigenvalue weighted by atomic mass is 9.80. The molecule has 0 bridgehead atoms. The Hall–Kier alpha value is -4.58. The quantitative estimate of drug-likeness (QED) is 0.0106. The van der Waals surface area contributed by atoms with Gasteiger partial charge in [0.2, 0.25) is 11.8 Å². The molecule has 0 aromatic heterocycles. The summed E-state index contributed by atoms with van der Waals surface area (Å²) in [6.07, 6.45) is 2.37. The molecule has 0 saturated carbocycles. The number of hydrogen-bond donors (Lipinski definition) is 8. The molecule has 19 nitrogen and oxygen atoms in total. The van der Waals surface area contributed by atoms with Crippen LogP contribution in [0.1, 0.15) is 99.3 Å². The van der Waals surface area contributed by atoms with Crippen LogP contribution in [0.25, 0.3) is 0 Å². The number of carbonyl (C=O) groups excluding carboxylic acids is 7. The van der Waals surface area contributed by atoms with Crippen molar-refractivity contribution in [1.82, 2.24) is 0 Å². The van der Waals surface area contributed by atoms with E-state index in [1.807, 2.05) is 0 Å². The predicted octanol–water partition coefficient (Wildman–Crippen LogP) is 3.38. The summed E-state index contributed by atoms with van der Waals surface area (Å²) >= 11 is 6.86. The lowest BCUT2D eigenvalue weighted by Crippen LogP contribution is -2.30. The third-order valence-corrected chi connectivity index (χ3v) is 12.1. The highest BCUT2D eigenvalue weighted by molar-refractivity contribution is 8.16. The topological polar surface area (TPSA) is 299 Å². The molecule has 3 atom stereocenters. The van der Waals surface area contributed by atoms with Crippen LogP contribution in [0.15, 0.2) is 48.5 Å². The maximum absolute atomic E-state index is 12.7. The first-order valence-electron chi connectivity index (χ1n) is 22.5. The molecule has 3 unspecified atom stereocenters. The first-order chi connectivity index (χ1) is 32.8. The number of rotatable bonds is 30. The second-order valence-electron chi connectivity index (χ2n) is 17.9. The summed E-state index contributed by atoms with van der Waals surface area (Å²) in [5.74, 6) is -4.85. The van der Waals surface area contributed by atoms with Gasteiger partial charge in [-0.15, -0.1) is 0 Å². The Morgan fingerprint density at radius 3 is 1.49 bits per heavy atom. The van der Waals surface area contributed by atoms with Crippen LogP contribution < -0.4 is 21.6 Å². The maximum Gasteiger partial charge on any atom is 0.488 e. The third kappa shape index (κ3) is 30.9. The number of amides is 2. The molecule has 0 aliphatic carbocycles. The highest BCUT2D eigenvalue weighted by Crippen LogP contribution is 2.23. The van der Waals surface area contributed by atoms with E-state index >= 15 is 0 Å². The Balaban J connectivity index is 0.000000729. The second-order valence-corrected chi connectivity index (χ2v) is 20.6. The molecule has 70 heavy (non-hydrogen) atoms. The van der Waals surface area contributed by atoms with Crippen molar-refractivity contribution in [2.75, 3.05) is 46.2 Å². The SMILES string of the molecule is CC(C)(C)OC(=O)CC(CS)C(=O)OCCCCC(=O)Nc1cccc(B(O)O)c1.CC(C)(C)OC(=O)CC(CSCSCC(C=O)CC(=O)O)C(=O)OCCCCC(=O)Nc1cccc(B(O)O)c1. The first-order valence-corrected chi connectivity index (χ1v) is 25.5. The number of unbranched alkanes of at least 4 members (excludes halogenated alkanes) is 2. The summed E-state index contributed by atoms with van der Waals surface area (Å²) in [7, 11) is -3.24. The van der Waals surface area contributed by atoms with E-state index in [1.54, 1.807) is 65.8 Å². The fourth-order valence-electron chi connectivity index (χ4n) is 5.78. The number of carboxylic acids is 1. The van der Waals surface area contributed by atoms with Gasteiger partial charge in [0, 0.05) is 52.5 Å². The molecule has 0 saturated heterocycles. The number of thiol groups is 1. The van der Waals surface area contributed by atoms with Gasteiger partial charge in [0.25, 0.3) is 0 Å². The van der Waals surface area contributed by atoms with E-state index in [9.17, 15) is 48.4 Å². The Kier molecular flexibility index (Phi) is 30.7. The summed E-state index contributed by atoms with van der Waals surface area (Å²) in [5, 5.41) is 51.5. The number of thioether (sulfide) groups is 2. The number of esters is 4. The van der Waals surface area contributed by atoms with Gasteiger partial charge >= 0.3 is 44.1 Å². The molecule has 2 aromatic carbocycles. The number of ether oxygens (including phenoxy) is 4. The highest BCUT2D eigenvalue weighted by atomic mass is 32.2. The van der Waals surface area contributed by atoms with E-state index in [1.165, 1.54) is 47.8 Å². The lowest BCUT2D eigenvalue weighted by molar-refractivity contribution is -0.161. The number of benzene rings is 2. The van der Waals surface area contributed by atoms with E-state index in [4.69, 9.17) is 34.1 Å². The lowest BCUT2D eigenvalue weighted by Gasteiger charge is -2.21. The van der Waals surface area contributed by atoms with Crippen LogP contribution >= 0.6 is 36.2 Å². The first kappa shape index (κ1) is 63.4. The molecule has 0 aliphatic rings. The monoisotopic (exact) mass is 1040 g/mol. The molecule has 0 spiro atoms. The van der Waals surface area contributed by atoms with Crippen molar-refractivity contribution in [3.8, 4) is 0 Å². The van der Waals surface area contributed by atoms with Gasteiger partial charge < -0.3 is 59.6 Å². The van der Waals surface area contributed by atoms with E-state index < -0.39 is 73.0 Å². The van der Waals surface area contributed by atoms with Gasteiger partial charge in [-0.25, -0.2) is 0 Å². The minimum Gasteiger partial charge on any atom is -0.481 e. The fraction of sp³-hybridized carbons (Fsp3) is 0.565. The van der Waals surface area contributed by atoms with Crippen LogP contribution in [0.5, 0.6) is 0 Å². The van der Waals surface area contributed by atoms with Crippen LogP contribution in [0.2, 0.25) is 0 Å². The van der Waals surface area contributed by atoms with Gasteiger partial charge in [-0.05, 0) is 102 Å². The largest absolute Gasteiger partial charge is 0.488 e. The van der Waals surface area contributed by atoms with Crippen molar-refractivity contribution >= 4 is 121 Å². The molecule has 388 valence electrons. The van der Waals surface area contributed by atoms with Gasteiger partial charge in [0.15, 0.2) is 0 Å². The molecule has 0 fully saturated rings. The molecule has 2 amide bonds. The summed E-state index contributed by atoms with van der Waals surface area (Å²) in [6.45, 7) is 10.6. The van der Waals surface area contributed by atoms with E-state index in [0.29, 0.717) is 54.2 Å². The normalized spacial score (nSPS) is 12.4. The van der Waals surface area contributed by atoms with Crippen molar-refractivity contribution in [2.45, 2.75) is 111 Å². The average Bonchev–Trinajstić information content (AvgIpc) is 3.25. The number of aliphatic carboxylic acids is 1. The molecule has 0 aliphatic heterocycles. The molecular weight excluding hydrogens is 970 g/mol. The van der Waals surface area contributed by atoms with Crippen molar-refractivity contribution in [3.63, 3.8) is 0 Å². The predicted molar refractivity (Wildman–Crippen MR) is 273 cm³/mol. The Labute approximate surface area is 424 Å².